The van der Waals surface area contributed by atoms with Crippen molar-refractivity contribution in [1.82, 2.24) is 15.2 Å². The molecule has 1 saturated carbocycles. The number of amides is 2. The zero-order valence-electron chi connectivity index (χ0n) is 18.6. The fraction of sp³-hybridized carbons (Fsp3) is 0.560. The standard InChI is InChI=1S/C25H33N3O3/c1-17(2)15-26-24(29)20-14-22(27-21-11-7-6-10-19(20)21)23-16-28(12-13-31-23)25(30)18-8-4-3-5-9-18/h6-7,10-11,14,17-18,23H,3-5,8-9,12-13,15-16H2,1-2H3,(H,26,29)/t23-/m1/s1. The molecular formula is C25H33N3O3. The summed E-state index contributed by atoms with van der Waals surface area (Å²) in [5, 5.41) is 3.85. The number of aromatic nitrogens is 1. The van der Waals surface area contributed by atoms with Gasteiger partial charge in [0, 0.05) is 24.4 Å². The van der Waals surface area contributed by atoms with E-state index in [1.165, 1.54) is 6.42 Å². The van der Waals surface area contributed by atoms with Gasteiger partial charge in [0.25, 0.3) is 5.91 Å². The molecule has 1 saturated heterocycles. The average Bonchev–Trinajstić information content (AvgIpc) is 2.82. The molecule has 0 spiro atoms. The third-order valence-electron chi connectivity index (χ3n) is 6.31. The van der Waals surface area contributed by atoms with Crippen LogP contribution in [0.5, 0.6) is 0 Å². The fourth-order valence-corrected chi connectivity index (χ4v) is 4.58. The molecule has 0 radical (unpaired) electrons. The molecule has 2 aromatic rings. The molecule has 1 aliphatic heterocycles. The highest BCUT2D eigenvalue weighted by atomic mass is 16.5. The van der Waals surface area contributed by atoms with Crippen LogP contribution in [0, 0.1) is 11.8 Å². The number of pyridine rings is 1. The maximum absolute atomic E-state index is 13.1. The van der Waals surface area contributed by atoms with E-state index in [0.717, 1.165) is 42.3 Å². The number of benzene rings is 1. The van der Waals surface area contributed by atoms with Crippen LogP contribution in [-0.2, 0) is 9.53 Å². The Morgan fingerprint density at radius 2 is 1.97 bits per heavy atom. The van der Waals surface area contributed by atoms with Gasteiger partial charge in [0.05, 0.1) is 29.9 Å². The zero-order chi connectivity index (χ0) is 21.8. The number of morpholine rings is 1. The van der Waals surface area contributed by atoms with Crippen molar-refractivity contribution in [2.24, 2.45) is 11.8 Å². The number of hydrogen-bond donors (Lipinski definition) is 1. The molecule has 2 amide bonds. The molecule has 1 aliphatic carbocycles. The second-order valence-corrected chi connectivity index (χ2v) is 9.19. The van der Waals surface area contributed by atoms with Gasteiger partial charge in [0.15, 0.2) is 0 Å². The second kappa shape index (κ2) is 9.77. The molecule has 0 bridgehead atoms. The molecule has 1 atom stereocenters. The number of rotatable bonds is 5. The van der Waals surface area contributed by atoms with Crippen molar-refractivity contribution in [1.29, 1.82) is 0 Å². The maximum atomic E-state index is 13.1. The van der Waals surface area contributed by atoms with Gasteiger partial charge in [-0.3, -0.25) is 9.59 Å². The van der Waals surface area contributed by atoms with E-state index < -0.39 is 0 Å². The molecular weight excluding hydrogens is 390 g/mol. The van der Waals surface area contributed by atoms with E-state index in [1.54, 1.807) is 0 Å². The van der Waals surface area contributed by atoms with E-state index in [-0.39, 0.29) is 23.8 Å². The monoisotopic (exact) mass is 423 g/mol. The summed E-state index contributed by atoms with van der Waals surface area (Å²) < 4.78 is 6.03. The van der Waals surface area contributed by atoms with E-state index in [2.05, 4.69) is 19.2 Å². The van der Waals surface area contributed by atoms with Crippen molar-refractivity contribution in [3.05, 3.63) is 41.6 Å². The molecule has 31 heavy (non-hydrogen) atoms. The van der Waals surface area contributed by atoms with E-state index >= 15 is 0 Å². The van der Waals surface area contributed by atoms with Crippen LogP contribution in [0.1, 0.15) is 68.1 Å². The molecule has 2 aliphatic rings. The number of hydrogen-bond acceptors (Lipinski definition) is 4. The summed E-state index contributed by atoms with van der Waals surface area (Å²) in [6, 6.07) is 9.54. The van der Waals surface area contributed by atoms with E-state index in [4.69, 9.17) is 9.72 Å². The first kappa shape index (κ1) is 21.8. The first-order chi connectivity index (χ1) is 15.0. The van der Waals surface area contributed by atoms with Crippen LogP contribution in [0.25, 0.3) is 10.9 Å². The molecule has 2 heterocycles. The summed E-state index contributed by atoms with van der Waals surface area (Å²) >= 11 is 0. The zero-order valence-corrected chi connectivity index (χ0v) is 18.6. The topological polar surface area (TPSA) is 71.5 Å². The minimum absolute atomic E-state index is 0.0977. The predicted octanol–water partition coefficient (Wildman–Crippen LogP) is 4.10. The third kappa shape index (κ3) is 5.06. The van der Waals surface area contributed by atoms with Crippen LogP contribution < -0.4 is 5.32 Å². The van der Waals surface area contributed by atoms with Crippen molar-refractivity contribution in [3.63, 3.8) is 0 Å². The third-order valence-corrected chi connectivity index (χ3v) is 6.31. The van der Waals surface area contributed by atoms with Crippen LogP contribution in [-0.4, -0.2) is 47.9 Å². The summed E-state index contributed by atoms with van der Waals surface area (Å²) in [7, 11) is 0. The van der Waals surface area contributed by atoms with Crippen LogP contribution >= 0.6 is 0 Å². The van der Waals surface area contributed by atoms with Gasteiger partial charge in [0.2, 0.25) is 5.91 Å². The summed E-state index contributed by atoms with van der Waals surface area (Å²) in [6.45, 7) is 6.38. The normalized spacial score (nSPS) is 20.2. The number of carbonyl (C=O) groups excluding carboxylic acids is 2. The Morgan fingerprint density at radius 3 is 2.74 bits per heavy atom. The molecule has 2 fully saturated rings. The lowest BCUT2D eigenvalue weighted by atomic mass is 9.88. The van der Waals surface area contributed by atoms with Gasteiger partial charge in [-0.1, -0.05) is 51.3 Å². The minimum atomic E-state index is -0.317. The molecule has 6 heteroatoms. The Hall–Kier alpha value is -2.47. The highest BCUT2D eigenvalue weighted by molar-refractivity contribution is 6.06. The van der Waals surface area contributed by atoms with E-state index in [9.17, 15) is 9.59 Å². The minimum Gasteiger partial charge on any atom is -0.368 e. The van der Waals surface area contributed by atoms with Gasteiger partial charge in [-0.05, 0) is 30.9 Å². The number of para-hydroxylation sites is 1. The van der Waals surface area contributed by atoms with Gasteiger partial charge in [-0.25, -0.2) is 4.98 Å². The average molecular weight is 424 g/mol. The molecule has 1 N–H and O–H groups in total. The largest absolute Gasteiger partial charge is 0.368 e. The van der Waals surface area contributed by atoms with Crippen LogP contribution in [0.4, 0.5) is 0 Å². The van der Waals surface area contributed by atoms with Crippen molar-refractivity contribution in [2.45, 2.75) is 52.1 Å². The van der Waals surface area contributed by atoms with E-state index in [0.29, 0.717) is 37.7 Å². The van der Waals surface area contributed by atoms with Crippen molar-refractivity contribution >= 4 is 22.7 Å². The number of ether oxygens (including phenoxy) is 1. The van der Waals surface area contributed by atoms with Gasteiger partial charge < -0.3 is 15.0 Å². The maximum Gasteiger partial charge on any atom is 0.252 e. The molecule has 1 aromatic carbocycles. The Balaban J connectivity index is 1.58. The van der Waals surface area contributed by atoms with Gasteiger partial charge in [0.1, 0.15) is 6.10 Å². The van der Waals surface area contributed by atoms with Crippen molar-refractivity contribution in [3.8, 4) is 0 Å². The number of nitrogens with one attached hydrogen (secondary N) is 1. The Bertz CT molecular complexity index is 937. The number of fused-ring (bicyclic) bond motifs is 1. The summed E-state index contributed by atoms with van der Waals surface area (Å²) in [5.41, 5.74) is 2.10. The highest BCUT2D eigenvalue weighted by Gasteiger charge is 2.31. The lowest BCUT2D eigenvalue weighted by Crippen LogP contribution is -2.45. The van der Waals surface area contributed by atoms with Gasteiger partial charge >= 0.3 is 0 Å². The van der Waals surface area contributed by atoms with E-state index in [1.807, 2.05) is 35.2 Å². The molecule has 0 unspecified atom stereocenters. The Labute approximate surface area is 184 Å². The van der Waals surface area contributed by atoms with Gasteiger partial charge in [-0.2, -0.15) is 0 Å². The SMILES string of the molecule is CC(C)CNC(=O)c1cc([C@H]2CN(C(=O)C3CCCCC3)CCO2)nc2ccccc12. The summed E-state index contributed by atoms with van der Waals surface area (Å²) in [5.74, 6) is 0.676. The second-order valence-electron chi connectivity index (χ2n) is 9.19. The van der Waals surface area contributed by atoms with Crippen LogP contribution in [0.15, 0.2) is 30.3 Å². The summed E-state index contributed by atoms with van der Waals surface area (Å²) in [6.07, 6.45) is 5.20. The Kier molecular flexibility index (Phi) is 6.86. The summed E-state index contributed by atoms with van der Waals surface area (Å²) in [4.78, 5) is 32.7. The molecule has 1 aromatic heterocycles. The quantitative estimate of drug-likeness (QED) is 0.786. The molecule has 4 rings (SSSR count). The number of carbonyl (C=O) groups is 2. The highest BCUT2D eigenvalue weighted by Crippen LogP contribution is 2.30. The number of nitrogens with zero attached hydrogens (tertiary/aromatic N) is 2. The lowest BCUT2D eigenvalue weighted by molar-refractivity contribution is -0.144. The fourth-order valence-electron chi connectivity index (χ4n) is 4.58. The van der Waals surface area contributed by atoms with Gasteiger partial charge in [-0.15, -0.1) is 0 Å². The lowest BCUT2D eigenvalue weighted by Gasteiger charge is -2.36. The first-order valence-corrected chi connectivity index (χ1v) is 11.6. The van der Waals surface area contributed by atoms with Crippen molar-refractivity contribution in [2.75, 3.05) is 26.2 Å². The van der Waals surface area contributed by atoms with Crippen LogP contribution in [0.2, 0.25) is 0 Å². The van der Waals surface area contributed by atoms with Crippen molar-refractivity contribution < 1.29 is 14.3 Å². The first-order valence-electron chi connectivity index (χ1n) is 11.6. The van der Waals surface area contributed by atoms with Crippen LogP contribution in [0.3, 0.4) is 0 Å². The molecule has 166 valence electrons. The molecule has 6 nitrogen and oxygen atoms in total. The smallest absolute Gasteiger partial charge is 0.252 e. The Morgan fingerprint density at radius 1 is 1.19 bits per heavy atom. The predicted molar refractivity (Wildman–Crippen MR) is 121 cm³/mol.